The zero-order valence-electron chi connectivity index (χ0n) is 10.8. The largest absolute Gasteiger partial charge is 0.346 e. The molecule has 1 aromatic rings. The highest BCUT2D eigenvalue weighted by atomic mass is 16.2. The summed E-state index contributed by atoms with van der Waals surface area (Å²) in [5.74, 6) is 2.11. The van der Waals surface area contributed by atoms with Gasteiger partial charge in [-0.05, 0) is 31.6 Å². The molecule has 5 heteroatoms. The molecule has 1 heterocycles. The molecule has 2 atom stereocenters. The summed E-state index contributed by atoms with van der Waals surface area (Å²) >= 11 is 0. The minimum atomic E-state index is -0.128. The molecule has 2 aliphatic rings. The van der Waals surface area contributed by atoms with Crippen molar-refractivity contribution in [3.63, 3.8) is 0 Å². The minimum Gasteiger partial charge on any atom is -0.346 e. The maximum absolute atomic E-state index is 12.1. The fraction of sp³-hybridized carbons (Fsp3) is 0.769. The van der Waals surface area contributed by atoms with Crippen molar-refractivity contribution < 1.29 is 4.79 Å². The Balaban J connectivity index is 1.62. The van der Waals surface area contributed by atoms with Crippen molar-refractivity contribution in [2.45, 2.75) is 57.4 Å². The molecule has 0 radical (unpaired) electrons. The summed E-state index contributed by atoms with van der Waals surface area (Å²) < 4.78 is 0. The van der Waals surface area contributed by atoms with Crippen LogP contribution in [0.25, 0.3) is 0 Å². The van der Waals surface area contributed by atoms with Gasteiger partial charge in [-0.2, -0.15) is 0 Å². The fourth-order valence-corrected chi connectivity index (χ4v) is 2.68. The van der Waals surface area contributed by atoms with E-state index < -0.39 is 0 Å². The normalized spacial score (nSPS) is 28.1. The molecule has 2 N–H and O–H groups in total. The molecule has 18 heavy (non-hydrogen) atoms. The molecule has 1 amide bonds. The standard InChI is InChI=1S/C13H20N4O/c1-8-4-2-3-5-10(8)14-13(18)12-15-11(16-17-12)9-6-7-9/h8-10H,2-7H2,1H3,(H,14,18)(H,15,16,17). The molecule has 2 unspecified atom stereocenters. The van der Waals surface area contributed by atoms with Gasteiger partial charge in [0.2, 0.25) is 5.82 Å². The summed E-state index contributed by atoms with van der Waals surface area (Å²) in [5, 5.41) is 9.97. The van der Waals surface area contributed by atoms with Gasteiger partial charge in [-0.25, -0.2) is 4.98 Å². The Kier molecular flexibility index (Phi) is 3.06. The van der Waals surface area contributed by atoms with Gasteiger partial charge >= 0.3 is 0 Å². The highest BCUT2D eigenvalue weighted by molar-refractivity contribution is 5.90. The summed E-state index contributed by atoms with van der Waals surface area (Å²) in [4.78, 5) is 16.3. The molecular weight excluding hydrogens is 228 g/mol. The lowest BCUT2D eigenvalue weighted by atomic mass is 9.86. The third-order valence-electron chi connectivity index (χ3n) is 4.10. The van der Waals surface area contributed by atoms with E-state index in [1.807, 2.05) is 0 Å². The molecule has 0 saturated heterocycles. The van der Waals surface area contributed by atoms with Crippen LogP contribution in [0.5, 0.6) is 0 Å². The van der Waals surface area contributed by atoms with Crippen LogP contribution in [0.2, 0.25) is 0 Å². The number of amides is 1. The molecule has 2 fully saturated rings. The van der Waals surface area contributed by atoms with E-state index in [-0.39, 0.29) is 11.9 Å². The molecular formula is C13H20N4O. The van der Waals surface area contributed by atoms with Crippen molar-refractivity contribution in [2.75, 3.05) is 0 Å². The zero-order valence-corrected chi connectivity index (χ0v) is 10.8. The maximum Gasteiger partial charge on any atom is 0.291 e. The third kappa shape index (κ3) is 2.40. The first-order valence-corrected chi connectivity index (χ1v) is 6.97. The zero-order chi connectivity index (χ0) is 12.5. The molecule has 3 rings (SSSR count). The predicted octanol–water partition coefficient (Wildman–Crippen LogP) is 1.99. The van der Waals surface area contributed by atoms with Crippen molar-refractivity contribution in [1.29, 1.82) is 0 Å². The van der Waals surface area contributed by atoms with Crippen molar-refractivity contribution in [3.05, 3.63) is 11.6 Å². The lowest BCUT2D eigenvalue weighted by molar-refractivity contribution is 0.0900. The third-order valence-corrected chi connectivity index (χ3v) is 4.10. The minimum absolute atomic E-state index is 0.128. The van der Waals surface area contributed by atoms with Gasteiger partial charge in [-0.15, -0.1) is 5.10 Å². The summed E-state index contributed by atoms with van der Waals surface area (Å²) in [6.45, 7) is 2.21. The van der Waals surface area contributed by atoms with Crippen LogP contribution >= 0.6 is 0 Å². The molecule has 0 spiro atoms. The lowest BCUT2D eigenvalue weighted by Crippen LogP contribution is -2.41. The van der Waals surface area contributed by atoms with E-state index in [0.29, 0.717) is 17.7 Å². The monoisotopic (exact) mass is 248 g/mol. The number of carbonyl (C=O) groups is 1. The van der Waals surface area contributed by atoms with E-state index >= 15 is 0 Å². The average Bonchev–Trinajstić information content (AvgIpc) is 3.10. The van der Waals surface area contributed by atoms with E-state index in [4.69, 9.17) is 0 Å². The average molecular weight is 248 g/mol. The van der Waals surface area contributed by atoms with Gasteiger partial charge in [-0.3, -0.25) is 9.89 Å². The van der Waals surface area contributed by atoms with Gasteiger partial charge in [-0.1, -0.05) is 19.8 Å². The van der Waals surface area contributed by atoms with Crippen LogP contribution in [0.15, 0.2) is 0 Å². The second-order valence-electron chi connectivity index (χ2n) is 5.66. The topological polar surface area (TPSA) is 70.7 Å². The van der Waals surface area contributed by atoms with Gasteiger partial charge < -0.3 is 5.32 Å². The Bertz CT molecular complexity index is 438. The highest BCUT2D eigenvalue weighted by Gasteiger charge is 2.29. The van der Waals surface area contributed by atoms with Crippen LogP contribution in [-0.4, -0.2) is 27.1 Å². The van der Waals surface area contributed by atoms with Gasteiger partial charge in [0.25, 0.3) is 5.91 Å². The summed E-state index contributed by atoms with van der Waals surface area (Å²) in [7, 11) is 0. The number of H-pyrrole nitrogens is 1. The molecule has 0 aromatic carbocycles. The number of nitrogens with one attached hydrogen (secondary N) is 2. The Labute approximate surface area is 107 Å². The molecule has 5 nitrogen and oxygen atoms in total. The molecule has 2 saturated carbocycles. The molecule has 98 valence electrons. The van der Waals surface area contributed by atoms with Crippen molar-refractivity contribution in [2.24, 2.45) is 5.92 Å². The number of rotatable bonds is 3. The van der Waals surface area contributed by atoms with E-state index in [0.717, 1.165) is 25.1 Å². The first-order valence-electron chi connectivity index (χ1n) is 6.97. The van der Waals surface area contributed by atoms with E-state index in [2.05, 4.69) is 27.4 Å². The van der Waals surface area contributed by atoms with Gasteiger partial charge in [0.05, 0.1) is 0 Å². The van der Waals surface area contributed by atoms with Crippen molar-refractivity contribution in [1.82, 2.24) is 20.5 Å². The fourth-order valence-electron chi connectivity index (χ4n) is 2.68. The maximum atomic E-state index is 12.1. The molecule has 1 aromatic heterocycles. The second kappa shape index (κ2) is 4.71. The van der Waals surface area contributed by atoms with Crippen molar-refractivity contribution in [3.8, 4) is 0 Å². The van der Waals surface area contributed by atoms with E-state index in [1.54, 1.807) is 0 Å². The summed E-state index contributed by atoms with van der Waals surface area (Å²) in [6.07, 6.45) is 7.08. The number of aromatic nitrogens is 3. The van der Waals surface area contributed by atoms with Crippen LogP contribution in [0.3, 0.4) is 0 Å². The summed E-state index contributed by atoms with van der Waals surface area (Å²) in [5.41, 5.74) is 0. The first kappa shape index (κ1) is 11.7. The van der Waals surface area contributed by atoms with Gasteiger partial charge in [0.1, 0.15) is 5.82 Å². The summed E-state index contributed by atoms with van der Waals surface area (Å²) in [6, 6.07) is 0.286. The van der Waals surface area contributed by atoms with Gasteiger partial charge in [0.15, 0.2) is 0 Å². The van der Waals surface area contributed by atoms with Crippen LogP contribution in [0, 0.1) is 5.92 Å². The number of aromatic amines is 1. The van der Waals surface area contributed by atoms with E-state index in [9.17, 15) is 4.79 Å². The molecule has 2 aliphatic carbocycles. The Hall–Kier alpha value is -1.39. The Morgan fingerprint density at radius 3 is 2.78 bits per heavy atom. The molecule has 0 aliphatic heterocycles. The second-order valence-corrected chi connectivity index (χ2v) is 5.66. The predicted molar refractivity (Wildman–Crippen MR) is 67.2 cm³/mol. The van der Waals surface area contributed by atoms with Gasteiger partial charge in [0, 0.05) is 12.0 Å². The van der Waals surface area contributed by atoms with Crippen LogP contribution < -0.4 is 5.32 Å². The number of hydrogen-bond donors (Lipinski definition) is 2. The quantitative estimate of drug-likeness (QED) is 0.859. The number of hydrogen-bond acceptors (Lipinski definition) is 3. The number of carbonyl (C=O) groups excluding carboxylic acids is 1. The molecule has 0 bridgehead atoms. The van der Waals surface area contributed by atoms with Crippen LogP contribution in [0.1, 0.15) is 67.8 Å². The highest BCUT2D eigenvalue weighted by Crippen LogP contribution is 2.37. The van der Waals surface area contributed by atoms with Crippen molar-refractivity contribution >= 4 is 5.91 Å². The number of nitrogens with zero attached hydrogens (tertiary/aromatic N) is 2. The van der Waals surface area contributed by atoms with E-state index in [1.165, 1.54) is 19.3 Å². The van der Waals surface area contributed by atoms with Crippen LogP contribution in [-0.2, 0) is 0 Å². The first-order chi connectivity index (χ1) is 8.74. The Morgan fingerprint density at radius 2 is 2.06 bits per heavy atom. The Morgan fingerprint density at radius 1 is 1.28 bits per heavy atom. The van der Waals surface area contributed by atoms with Crippen LogP contribution in [0.4, 0.5) is 0 Å². The smallest absolute Gasteiger partial charge is 0.291 e. The SMILES string of the molecule is CC1CCCCC1NC(=O)c1n[nH]c(C2CC2)n1. The lowest BCUT2D eigenvalue weighted by Gasteiger charge is -2.28.